The Kier molecular flexibility index (Phi) is 11.5. The third-order valence-electron chi connectivity index (χ3n) is 8.43. The van der Waals surface area contributed by atoms with E-state index in [9.17, 15) is 32.0 Å². The minimum atomic E-state index is -4.25. The molecule has 1 aliphatic carbocycles. The summed E-state index contributed by atoms with van der Waals surface area (Å²) < 4.78 is 72.5. The number of amides is 1. The molecule has 49 heavy (non-hydrogen) atoms. The van der Waals surface area contributed by atoms with Crippen molar-refractivity contribution in [2.75, 3.05) is 20.6 Å². The lowest BCUT2D eigenvalue weighted by molar-refractivity contribution is -0.605. The molecule has 11 nitrogen and oxygen atoms in total. The Morgan fingerprint density at radius 1 is 1.02 bits per heavy atom. The first-order valence-corrected chi connectivity index (χ1v) is 17.8. The molecule has 2 fully saturated rings. The lowest BCUT2D eigenvalue weighted by Crippen LogP contribution is -2.42. The summed E-state index contributed by atoms with van der Waals surface area (Å²) in [5, 5.41) is 11.9. The first kappa shape index (κ1) is 36.6. The molecule has 3 aromatic rings. The Bertz CT molecular complexity index is 1790. The van der Waals surface area contributed by atoms with E-state index in [1.165, 1.54) is 47.4 Å². The highest BCUT2D eigenvalue weighted by Crippen LogP contribution is 2.39. The molecule has 2 heterocycles. The van der Waals surface area contributed by atoms with Crippen molar-refractivity contribution >= 4 is 45.1 Å². The number of hydrogen-bond acceptors (Lipinski definition) is 8. The van der Waals surface area contributed by atoms with E-state index < -0.39 is 34.7 Å². The van der Waals surface area contributed by atoms with Crippen LogP contribution >= 0.6 is 23.2 Å². The summed E-state index contributed by atoms with van der Waals surface area (Å²) in [4.78, 5) is 27.6. The van der Waals surface area contributed by atoms with Crippen molar-refractivity contribution in [2.45, 2.75) is 74.7 Å². The highest BCUT2D eigenvalue weighted by Gasteiger charge is 2.42. The summed E-state index contributed by atoms with van der Waals surface area (Å²) in [7, 11) is -1.16. The molecule has 2 aliphatic rings. The van der Waals surface area contributed by atoms with Gasteiger partial charge in [0.2, 0.25) is 10.0 Å². The molecule has 0 spiro atoms. The molecule has 0 unspecified atom stereocenters. The Hall–Kier alpha value is -3.72. The number of halogens is 4. The zero-order valence-corrected chi connectivity index (χ0v) is 29.0. The van der Waals surface area contributed by atoms with Crippen LogP contribution in [0.5, 0.6) is 11.5 Å². The van der Waals surface area contributed by atoms with Crippen LogP contribution in [-0.4, -0.2) is 68.9 Å². The Balaban J connectivity index is 1.48. The number of nitrogens with zero attached hydrogens (tertiary/aromatic N) is 3. The molecule has 5 rings (SSSR count). The molecule has 0 bridgehead atoms. The summed E-state index contributed by atoms with van der Waals surface area (Å²) in [5.41, 5.74) is 0.726. The fourth-order valence-corrected chi connectivity index (χ4v) is 8.29. The summed E-state index contributed by atoms with van der Waals surface area (Å²) in [6.45, 7) is -3.10. The van der Waals surface area contributed by atoms with E-state index in [2.05, 4.69) is 0 Å². The SMILES string of the molecule is CN(C)C(=O)c1cccc(S(=O)(=O)N2CCC[C@H]2C(=O)O[C@@H](Cc2c(Cl)c[n+]([O-])cc2Cl)c2ccc(OC(F)F)c(OC3CCCC3)c2)c1. The number of carbonyl (C=O) groups is 2. The predicted molar refractivity (Wildman–Crippen MR) is 175 cm³/mol. The number of sulfonamides is 1. The second-order valence-electron chi connectivity index (χ2n) is 12.0. The molecular weight excluding hydrogens is 707 g/mol. The predicted octanol–water partition coefficient (Wildman–Crippen LogP) is 5.93. The Morgan fingerprint density at radius 2 is 1.71 bits per heavy atom. The van der Waals surface area contributed by atoms with Crippen molar-refractivity contribution in [3.8, 4) is 11.5 Å². The zero-order valence-electron chi connectivity index (χ0n) is 26.7. The molecule has 1 aliphatic heterocycles. The summed E-state index contributed by atoms with van der Waals surface area (Å²) in [6, 6.07) is 8.48. The van der Waals surface area contributed by atoms with Crippen LogP contribution in [0.15, 0.2) is 59.8 Å². The van der Waals surface area contributed by atoms with Crippen molar-refractivity contribution in [2.24, 2.45) is 0 Å². The van der Waals surface area contributed by atoms with Gasteiger partial charge in [-0.05, 0) is 74.4 Å². The van der Waals surface area contributed by atoms with Gasteiger partial charge in [-0.3, -0.25) is 9.59 Å². The molecule has 1 saturated carbocycles. The molecular formula is C33H35Cl2F2N3O8S. The second-order valence-corrected chi connectivity index (χ2v) is 14.7. The molecule has 1 aromatic heterocycles. The number of pyridine rings is 1. The van der Waals surface area contributed by atoms with Crippen molar-refractivity contribution in [3.63, 3.8) is 0 Å². The first-order valence-electron chi connectivity index (χ1n) is 15.6. The highest BCUT2D eigenvalue weighted by molar-refractivity contribution is 7.89. The monoisotopic (exact) mass is 741 g/mol. The van der Waals surface area contributed by atoms with Gasteiger partial charge in [-0.2, -0.15) is 17.8 Å². The molecule has 1 saturated heterocycles. The second kappa shape index (κ2) is 15.4. The van der Waals surface area contributed by atoms with Gasteiger partial charge in [0.25, 0.3) is 5.91 Å². The third kappa shape index (κ3) is 8.54. The van der Waals surface area contributed by atoms with Crippen molar-refractivity contribution in [3.05, 3.63) is 86.8 Å². The molecule has 1 amide bonds. The van der Waals surface area contributed by atoms with Gasteiger partial charge in [-0.25, -0.2) is 8.42 Å². The molecule has 0 radical (unpaired) electrons. The largest absolute Gasteiger partial charge is 0.619 e. The van der Waals surface area contributed by atoms with E-state index in [4.69, 9.17) is 37.4 Å². The van der Waals surface area contributed by atoms with Crippen molar-refractivity contribution in [1.82, 2.24) is 9.21 Å². The average Bonchev–Trinajstić information content (AvgIpc) is 3.76. The van der Waals surface area contributed by atoms with Gasteiger partial charge in [0.05, 0.1) is 11.0 Å². The van der Waals surface area contributed by atoms with Gasteiger partial charge in [-0.1, -0.05) is 35.3 Å². The number of carbonyl (C=O) groups excluding carboxylic acids is 2. The first-order chi connectivity index (χ1) is 23.2. The molecule has 2 aromatic carbocycles. The Morgan fingerprint density at radius 3 is 2.37 bits per heavy atom. The van der Waals surface area contributed by atoms with Crippen LogP contribution in [-0.2, 0) is 26.0 Å². The lowest BCUT2D eigenvalue weighted by atomic mass is 10.0. The average molecular weight is 743 g/mol. The van der Waals surface area contributed by atoms with Gasteiger partial charge < -0.3 is 24.3 Å². The Labute approximate surface area is 292 Å². The van der Waals surface area contributed by atoms with E-state index >= 15 is 0 Å². The maximum atomic E-state index is 13.9. The summed E-state index contributed by atoms with van der Waals surface area (Å²) >= 11 is 12.7. The summed E-state index contributed by atoms with van der Waals surface area (Å²) in [5.74, 6) is -1.45. The molecule has 264 valence electrons. The number of rotatable bonds is 12. The fourth-order valence-electron chi connectivity index (χ4n) is 6.00. The maximum Gasteiger partial charge on any atom is 0.387 e. The van der Waals surface area contributed by atoms with E-state index in [-0.39, 0.29) is 69.0 Å². The summed E-state index contributed by atoms with van der Waals surface area (Å²) in [6.07, 6.45) is 4.38. The number of alkyl halides is 2. The van der Waals surface area contributed by atoms with Gasteiger partial charge >= 0.3 is 12.6 Å². The van der Waals surface area contributed by atoms with E-state index in [0.717, 1.165) is 42.4 Å². The standard InChI is InChI=1S/C33H35Cl2F2N3O8S/c1-38(2)31(41)21-7-5-10-23(15-21)49(44,45)40-14-6-11-27(40)32(42)47-29(17-24-25(34)18-39(43)19-26(24)35)20-12-13-28(48-33(36)37)30(16-20)46-22-8-3-4-9-22/h5,7,10,12-13,15-16,18-19,22,27,29,33H,3-4,6,8-9,11,14,17H2,1-2H3/t27-,29-/m0/s1. The minimum absolute atomic E-state index is 0.0131. The number of aromatic nitrogens is 1. The van der Waals surface area contributed by atoms with E-state index in [1.54, 1.807) is 14.1 Å². The van der Waals surface area contributed by atoms with Crippen LogP contribution in [0.2, 0.25) is 10.0 Å². The smallest absolute Gasteiger partial charge is 0.387 e. The number of ether oxygens (including phenoxy) is 3. The van der Waals surface area contributed by atoms with Crippen LogP contribution in [0, 0.1) is 5.21 Å². The molecule has 0 N–H and O–H groups in total. The molecule has 16 heteroatoms. The number of esters is 1. The van der Waals surface area contributed by atoms with Crippen LogP contribution in [0.25, 0.3) is 0 Å². The van der Waals surface area contributed by atoms with Gasteiger partial charge in [0.15, 0.2) is 23.9 Å². The van der Waals surface area contributed by atoms with Crippen LogP contribution in [0.1, 0.15) is 66.1 Å². The van der Waals surface area contributed by atoms with Crippen LogP contribution in [0.4, 0.5) is 8.78 Å². The minimum Gasteiger partial charge on any atom is -0.619 e. The quantitative estimate of drug-likeness (QED) is 0.127. The van der Waals surface area contributed by atoms with Crippen molar-refractivity contribution < 1.29 is 45.7 Å². The zero-order chi connectivity index (χ0) is 35.5. The fraction of sp³-hybridized carbons (Fsp3) is 0.424. The van der Waals surface area contributed by atoms with Crippen LogP contribution < -0.4 is 14.2 Å². The van der Waals surface area contributed by atoms with Gasteiger partial charge in [-0.15, -0.1) is 0 Å². The lowest BCUT2D eigenvalue weighted by Gasteiger charge is -2.27. The van der Waals surface area contributed by atoms with E-state index in [0.29, 0.717) is 16.7 Å². The number of benzene rings is 2. The van der Waals surface area contributed by atoms with Gasteiger partial charge in [0.1, 0.15) is 22.2 Å². The van der Waals surface area contributed by atoms with E-state index in [1.807, 2.05) is 0 Å². The molecule has 2 atom stereocenters. The topological polar surface area (TPSA) is 129 Å². The third-order valence-corrected chi connectivity index (χ3v) is 11.0. The maximum absolute atomic E-state index is 13.9. The van der Waals surface area contributed by atoms with Crippen molar-refractivity contribution in [1.29, 1.82) is 0 Å². The van der Waals surface area contributed by atoms with Gasteiger partial charge in [0, 0.05) is 38.2 Å². The number of hydrogen-bond donors (Lipinski definition) is 0. The normalized spacial score (nSPS) is 17.7. The highest BCUT2D eigenvalue weighted by atomic mass is 35.5. The van der Waals surface area contributed by atoms with Crippen LogP contribution in [0.3, 0.4) is 0 Å².